The number of carbonyl (C=O) groups is 1. The molecule has 20 nitrogen and oxygen atoms in total. The number of aryl methyl sites for hydroxylation is 1. The summed E-state index contributed by atoms with van der Waals surface area (Å²) in [6.45, 7) is 14.7. The lowest BCUT2D eigenvalue weighted by molar-refractivity contribution is -0.0907. The molecule has 5 heterocycles. The normalized spacial score (nSPS) is 18.2. The standard InChI is InChI=1S/C33H54N3O11PS.C11H18NO3P.C7H9NO.I2.HI/c1-6-45-48(39,46-7-2)19-15-25-12-16-35(17-13-25)21-29(34-33(38)47-31-23-44-32-28(31)14-18-43-32)30(37)22-36(20-24(3)4)49(40,41)27-10-8-26(42-5)9-11-27;1-3-14-16(13,15-4-2)10-7-11-5-8-12-9-6-11;9-6-3-7-1-4-8-5-2-7;1-2;/h8-12,24,28-32,37H,6-7,13-23H2,1-5H3,(H,34,38);5-6,8-9H,3-4,7,10H2,1-2H3;1-2,4-5,9H,3,6H2;;1H/t28-,29-,30+,31-,32+;;;;/m0..../s1. The van der Waals surface area contributed by atoms with Crippen molar-refractivity contribution in [2.75, 3.05) is 98.4 Å². The van der Waals surface area contributed by atoms with Crippen LogP contribution in [0.1, 0.15) is 71.9 Å². The fourth-order valence-corrected chi connectivity index (χ4v) is 13.3. The summed E-state index contributed by atoms with van der Waals surface area (Å²) >= 11 is 4.24. The summed E-state index contributed by atoms with van der Waals surface area (Å²) in [6.07, 6.45) is 10.2. The third-order valence-corrected chi connectivity index (χ3v) is 18.1. The SMILES string of the molecule is CCOP(=O)(CCC1=CCN(C[C@H](NC(=O)O[C@H]2CO[C@H]3OCC[C@H]32)[C@H](O)CN(CC(C)C)S(=O)(=O)c2ccc(OC)cc2)CC1)OCC.CCOP(=O)(CCc1ccncc1)OCC.I.II.OCCc1ccncc1. The summed E-state index contributed by atoms with van der Waals surface area (Å²) < 4.78 is 97.3. The zero-order valence-corrected chi connectivity index (χ0v) is 54.6. The maximum absolute atomic E-state index is 13.8. The molecule has 0 bridgehead atoms. The van der Waals surface area contributed by atoms with Gasteiger partial charge in [0.1, 0.15) is 11.9 Å². The van der Waals surface area contributed by atoms with Gasteiger partial charge in [-0.15, -0.1) is 24.0 Å². The molecule has 3 aromatic rings. The zero-order valence-electron chi connectivity index (χ0n) is 45.4. The first-order chi connectivity index (χ1) is 36.5. The molecule has 2 saturated heterocycles. The Kier molecular flexibility index (Phi) is 36.4. The van der Waals surface area contributed by atoms with Gasteiger partial charge in [-0.2, -0.15) is 4.31 Å². The summed E-state index contributed by atoms with van der Waals surface area (Å²) in [7, 11) is -8.56. The minimum atomic E-state index is -4.00. The van der Waals surface area contributed by atoms with Crippen LogP contribution in [0.15, 0.2) is 89.9 Å². The highest BCUT2D eigenvalue weighted by atomic mass is 128. The number of benzene rings is 1. The van der Waals surface area contributed by atoms with Gasteiger partial charge in [-0.3, -0.25) is 24.0 Å². The van der Waals surface area contributed by atoms with Gasteiger partial charge in [0.05, 0.1) is 82.0 Å². The number of pyridine rings is 2. The third kappa shape index (κ3) is 26.1. The van der Waals surface area contributed by atoms with Crippen LogP contribution in [-0.2, 0) is 64.3 Å². The summed E-state index contributed by atoms with van der Waals surface area (Å²) in [5.74, 6) is 0.431. The number of hydrogen-bond acceptors (Lipinski definition) is 18. The summed E-state index contributed by atoms with van der Waals surface area (Å²) in [6, 6.07) is 12.9. The monoisotopic (exact) mass is 1480 g/mol. The van der Waals surface area contributed by atoms with E-state index in [9.17, 15) is 27.4 Å². The van der Waals surface area contributed by atoms with Gasteiger partial charge in [-0.25, -0.2) is 13.2 Å². The Morgan fingerprint density at radius 1 is 0.844 bits per heavy atom. The maximum Gasteiger partial charge on any atom is 0.407 e. The van der Waals surface area contributed by atoms with Crippen LogP contribution < -0.4 is 10.1 Å². The van der Waals surface area contributed by atoms with E-state index in [1.807, 2.05) is 52.0 Å². The van der Waals surface area contributed by atoms with Crippen molar-refractivity contribution < 1.29 is 69.6 Å². The molecule has 5 atom stereocenters. The average molecular weight is 1480 g/mol. The number of nitrogens with one attached hydrogen (secondary N) is 1. The van der Waals surface area contributed by atoms with E-state index in [0.717, 1.165) is 29.5 Å². The summed E-state index contributed by atoms with van der Waals surface area (Å²) in [4.78, 5) is 23.2. The number of halogens is 3. The van der Waals surface area contributed by atoms with Gasteiger partial charge in [-0.05, 0) is 125 Å². The van der Waals surface area contributed by atoms with Crippen molar-refractivity contribution in [3.63, 3.8) is 0 Å². The van der Waals surface area contributed by atoms with E-state index < -0.39 is 55.8 Å². The second kappa shape index (κ2) is 39.1. The Labute approximate surface area is 497 Å². The Morgan fingerprint density at radius 2 is 1.39 bits per heavy atom. The molecule has 3 N–H and O–H groups in total. The number of amides is 1. The lowest BCUT2D eigenvalue weighted by Crippen LogP contribution is -2.55. The fraction of sp³-hybridized carbons (Fsp3) is 0.627. The van der Waals surface area contributed by atoms with Gasteiger partial charge in [-0.1, -0.05) is 25.5 Å². The second-order valence-electron chi connectivity index (χ2n) is 18.1. The predicted molar refractivity (Wildman–Crippen MR) is 325 cm³/mol. The number of methoxy groups -OCH3 is 1. The smallest absolute Gasteiger partial charge is 0.407 e. The van der Waals surface area contributed by atoms with Crippen molar-refractivity contribution in [2.24, 2.45) is 11.8 Å². The number of sulfonamides is 1. The van der Waals surface area contributed by atoms with E-state index in [0.29, 0.717) is 83.5 Å². The molecule has 26 heteroatoms. The molecule has 3 aliphatic heterocycles. The molecular formula is C51H82I3N5O15P2S. The highest BCUT2D eigenvalue weighted by Gasteiger charge is 2.44. The minimum absolute atomic E-state index is 0. The number of fused-ring (bicyclic) bond motifs is 1. The molecule has 0 unspecified atom stereocenters. The Hall–Kier alpha value is -1.47. The van der Waals surface area contributed by atoms with Crippen LogP contribution in [0.4, 0.5) is 4.79 Å². The Morgan fingerprint density at radius 3 is 1.88 bits per heavy atom. The molecule has 2 aromatic heterocycles. The molecule has 3 aliphatic rings. The Bertz CT molecular complexity index is 2300. The van der Waals surface area contributed by atoms with Crippen LogP contribution in [0.25, 0.3) is 0 Å². The number of rotatable bonds is 28. The average Bonchev–Trinajstić information content (AvgIpc) is 4.05. The van der Waals surface area contributed by atoms with Crippen molar-refractivity contribution in [1.82, 2.24) is 24.5 Å². The van der Waals surface area contributed by atoms with Crippen LogP contribution in [0.5, 0.6) is 5.75 Å². The van der Waals surface area contributed by atoms with Crippen molar-refractivity contribution >= 4 is 92.5 Å². The topological polar surface area (TPSA) is 244 Å². The van der Waals surface area contributed by atoms with E-state index in [4.69, 9.17) is 42.1 Å². The lowest BCUT2D eigenvalue weighted by atomic mass is 10.0. The predicted octanol–water partition coefficient (Wildman–Crippen LogP) is 9.74. The number of aromatic nitrogens is 2. The van der Waals surface area contributed by atoms with E-state index in [1.54, 1.807) is 50.8 Å². The lowest BCUT2D eigenvalue weighted by Gasteiger charge is -2.35. The quantitative estimate of drug-likeness (QED) is 0.0348. The maximum atomic E-state index is 13.8. The number of aliphatic hydroxyl groups excluding tert-OH is 2. The van der Waals surface area contributed by atoms with Gasteiger partial charge < -0.3 is 52.6 Å². The van der Waals surface area contributed by atoms with Crippen LogP contribution in [0.2, 0.25) is 0 Å². The third-order valence-electron chi connectivity index (χ3n) is 12.1. The minimum Gasteiger partial charge on any atom is -0.497 e. The van der Waals surface area contributed by atoms with Crippen LogP contribution >= 0.6 is 76.4 Å². The first kappa shape index (κ1) is 71.6. The zero-order chi connectivity index (χ0) is 56.0. The van der Waals surface area contributed by atoms with E-state index in [1.165, 1.54) is 23.5 Å². The first-order valence-corrected chi connectivity index (χ1v) is 36.9. The largest absolute Gasteiger partial charge is 0.497 e. The van der Waals surface area contributed by atoms with Crippen molar-refractivity contribution in [3.8, 4) is 5.75 Å². The van der Waals surface area contributed by atoms with Gasteiger partial charge in [0.15, 0.2) is 6.29 Å². The van der Waals surface area contributed by atoms with Gasteiger partial charge in [0.2, 0.25) is 10.0 Å². The van der Waals surface area contributed by atoms with E-state index >= 15 is 0 Å². The number of hydrogen-bond donors (Lipinski definition) is 3. The highest BCUT2D eigenvalue weighted by molar-refractivity contribution is 15.0. The Balaban J connectivity index is 0.000000589. The molecule has 2 fully saturated rings. The molecule has 77 heavy (non-hydrogen) atoms. The first-order valence-electron chi connectivity index (χ1n) is 25.7. The molecule has 6 rings (SSSR count). The molecule has 1 aromatic carbocycles. The molecular weight excluding hydrogens is 1400 g/mol. The van der Waals surface area contributed by atoms with E-state index in [-0.39, 0.29) is 73.6 Å². The number of ether oxygens (including phenoxy) is 4. The summed E-state index contributed by atoms with van der Waals surface area (Å²) in [5, 5.41) is 23.0. The number of carbonyl (C=O) groups excluding carboxylic acids is 1. The fourth-order valence-electron chi connectivity index (χ4n) is 8.36. The van der Waals surface area contributed by atoms with Crippen LogP contribution in [-0.4, -0.2) is 167 Å². The molecule has 438 valence electrons. The molecule has 0 saturated carbocycles. The van der Waals surface area contributed by atoms with Gasteiger partial charge in [0, 0.05) is 101 Å². The summed E-state index contributed by atoms with van der Waals surface area (Å²) in [5.41, 5.74) is 3.35. The highest BCUT2D eigenvalue weighted by Crippen LogP contribution is 2.49. The second-order valence-corrected chi connectivity index (χ2v) is 24.4. The van der Waals surface area contributed by atoms with Gasteiger partial charge >= 0.3 is 21.3 Å². The van der Waals surface area contributed by atoms with E-state index in [2.05, 4.69) is 63.5 Å². The van der Waals surface area contributed by atoms with Crippen molar-refractivity contribution in [2.45, 2.75) is 103 Å². The molecule has 0 aliphatic carbocycles. The van der Waals surface area contributed by atoms with Gasteiger partial charge in [0.25, 0.3) is 0 Å². The molecule has 0 radical (unpaired) electrons. The molecule has 1 amide bonds. The number of nitrogens with zero attached hydrogens (tertiary/aromatic N) is 4. The van der Waals surface area contributed by atoms with Crippen LogP contribution in [0, 0.1) is 11.8 Å². The van der Waals surface area contributed by atoms with Crippen molar-refractivity contribution in [1.29, 1.82) is 0 Å². The molecule has 0 spiro atoms. The van der Waals surface area contributed by atoms with Crippen LogP contribution in [0.3, 0.4) is 0 Å². The number of alkyl carbamates (subject to hydrolysis) is 1. The number of aliphatic hydroxyl groups is 2. The van der Waals surface area contributed by atoms with Crippen molar-refractivity contribution in [3.05, 3.63) is 96.1 Å².